The summed E-state index contributed by atoms with van der Waals surface area (Å²) >= 11 is -1.91. The van der Waals surface area contributed by atoms with Gasteiger partial charge in [0.15, 0.2) is 0 Å². The van der Waals surface area contributed by atoms with Crippen LogP contribution in [0.2, 0.25) is 0 Å². The van der Waals surface area contributed by atoms with Crippen LogP contribution in [0.15, 0.2) is 0 Å². The average molecular weight is 194 g/mol. The highest BCUT2D eigenvalue weighted by Crippen LogP contribution is 2.02. The van der Waals surface area contributed by atoms with E-state index in [1.807, 2.05) is 0 Å². The monoisotopic (exact) mass is 194 g/mol. The summed E-state index contributed by atoms with van der Waals surface area (Å²) in [4.78, 5) is 2.09. The SMILES string of the molecule is CC(C)N(CNS(=O)O)C(C)C. The van der Waals surface area contributed by atoms with E-state index in [9.17, 15) is 4.21 Å². The van der Waals surface area contributed by atoms with Crippen LogP contribution in [-0.2, 0) is 11.3 Å². The minimum Gasteiger partial charge on any atom is -0.294 e. The molecule has 4 nitrogen and oxygen atoms in total. The van der Waals surface area contributed by atoms with E-state index in [1.54, 1.807) is 0 Å². The Balaban J connectivity index is 3.88. The molecule has 0 saturated heterocycles. The standard InChI is InChI=1S/C7H18N2O2S/c1-6(2)9(7(3)4)5-8-12(10)11/h6-8H,5H2,1-4H3,(H,10,11). The molecule has 0 saturated carbocycles. The molecule has 2 N–H and O–H groups in total. The zero-order valence-electron chi connectivity index (χ0n) is 8.07. The van der Waals surface area contributed by atoms with E-state index in [-0.39, 0.29) is 0 Å². The summed E-state index contributed by atoms with van der Waals surface area (Å²) in [6, 6.07) is 0.752. The van der Waals surface area contributed by atoms with Gasteiger partial charge in [-0.25, -0.2) is 8.93 Å². The van der Waals surface area contributed by atoms with Gasteiger partial charge in [0.05, 0.1) is 6.67 Å². The second kappa shape index (κ2) is 5.64. The number of nitrogens with zero attached hydrogens (tertiary/aromatic N) is 1. The first-order valence-electron chi connectivity index (χ1n) is 4.05. The van der Waals surface area contributed by atoms with Crippen LogP contribution in [0.1, 0.15) is 27.7 Å². The lowest BCUT2D eigenvalue weighted by Crippen LogP contribution is -2.43. The maximum Gasteiger partial charge on any atom is 0.232 e. The zero-order valence-corrected chi connectivity index (χ0v) is 8.89. The van der Waals surface area contributed by atoms with Crippen molar-refractivity contribution >= 4 is 11.3 Å². The van der Waals surface area contributed by atoms with Crippen molar-refractivity contribution < 1.29 is 8.76 Å². The fraction of sp³-hybridized carbons (Fsp3) is 1.00. The molecule has 0 aromatic rings. The summed E-state index contributed by atoms with van der Waals surface area (Å²) in [5.74, 6) is 0. The summed E-state index contributed by atoms with van der Waals surface area (Å²) < 4.78 is 21.3. The third-order valence-electron chi connectivity index (χ3n) is 1.70. The lowest BCUT2D eigenvalue weighted by Gasteiger charge is -2.29. The van der Waals surface area contributed by atoms with Crippen molar-refractivity contribution in [3.63, 3.8) is 0 Å². The van der Waals surface area contributed by atoms with E-state index in [4.69, 9.17) is 4.55 Å². The number of hydrogen-bond donors (Lipinski definition) is 2. The van der Waals surface area contributed by atoms with Crippen molar-refractivity contribution in [2.75, 3.05) is 6.67 Å². The molecule has 0 aromatic heterocycles. The van der Waals surface area contributed by atoms with Gasteiger partial charge in [0.1, 0.15) is 0 Å². The lowest BCUT2D eigenvalue weighted by atomic mass is 10.2. The maximum atomic E-state index is 10.3. The largest absolute Gasteiger partial charge is 0.294 e. The van der Waals surface area contributed by atoms with Crippen molar-refractivity contribution in [1.29, 1.82) is 0 Å². The predicted molar refractivity (Wildman–Crippen MR) is 50.9 cm³/mol. The van der Waals surface area contributed by atoms with Crippen molar-refractivity contribution in [2.45, 2.75) is 39.8 Å². The first kappa shape index (κ1) is 12.0. The molecule has 0 spiro atoms. The molecular weight excluding hydrogens is 176 g/mol. The van der Waals surface area contributed by atoms with Gasteiger partial charge >= 0.3 is 0 Å². The third-order valence-corrected chi connectivity index (χ3v) is 2.07. The summed E-state index contributed by atoms with van der Waals surface area (Å²) in [5.41, 5.74) is 0. The third kappa shape index (κ3) is 4.82. The first-order chi connectivity index (χ1) is 5.45. The van der Waals surface area contributed by atoms with Crippen molar-refractivity contribution in [3.05, 3.63) is 0 Å². The second-order valence-corrected chi connectivity index (χ2v) is 4.04. The Hall–Kier alpha value is 0.0300. The van der Waals surface area contributed by atoms with E-state index in [1.165, 1.54) is 0 Å². The molecule has 0 rings (SSSR count). The molecule has 1 atom stereocenters. The lowest BCUT2D eigenvalue weighted by molar-refractivity contribution is 0.172. The Morgan fingerprint density at radius 3 is 2.00 bits per heavy atom. The molecule has 5 heteroatoms. The van der Waals surface area contributed by atoms with Gasteiger partial charge in [-0.15, -0.1) is 0 Å². The van der Waals surface area contributed by atoms with E-state index in [2.05, 4.69) is 37.3 Å². The van der Waals surface area contributed by atoms with Crippen molar-refractivity contribution in [2.24, 2.45) is 0 Å². The molecule has 0 aliphatic heterocycles. The Kier molecular flexibility index (Phi) is 5.65. The molecule has 1 unspecified atom stereocenters. The van der Waals surface area contributed by atoms with Gasteiger partial charge in [-0.3, -0.25) is 9.45 Å². The minimum absolute atomic E-state index is 0.376. The molecule has 0 aromatic carbocycles. The van der Waals surface area contributed by atoms with Gasteiger partial charge in [-0.2, -0.15) is 0 Å². The Morgan fingerprint density at radius 1 is 1.33 bits per heavy atom. The van der Waals surface area contributed by atoms with Crippen LogP contribution >= 0.6 is 0 Å². The second-order valence-electron chi connectivity index (χ2n) is 3.25. The van der Waals surface area contributed by atoms with Crippen LogP contribution in [0.5, 0.6) is 0 Å². The van der Waals surface area contributed by atoms with Gasteiger partial charge in [0.2, 0.25) is 11.3 Å². The van der Waals surface area contributed by atoms with Gasteiger partial charge < -0.3 is 0 Å². The highest BCUT2D eigenvalue weighted by atomic mass is 32.2. The van der Waals surface area contributed by atoms with Gasteiger partial charge in [0.25, 0.3) is 0 Å². The zero-order chi connectivity index (χ0) is 9.72. The molecule has 0 bridgehead atoms. The maximum absolute atomic E-state index is 10.3. The van der Waals surface area contributed by atoms with Gasteiger partial charge in [-0.1, -0.05) is 0 Å². The Morgan fingerprint density at radius 2 is 1.75 bits per heavy atom. The molecule has 12 heavy (non-hydrogen) atoms. The molecule has 0 aliphatic rings. The predicted octanol–water partition coefficient (Wildman–Crippen LogP) is 0.789. The topological polar surface area (TPSA) is 52.6 Å². The van der Waals surface area contributed by atoms with Gasteiger partial charge in [-0.05, 0) is 27.7 Å². The highest BCUT2D eigenvalue weighted by Gasteiger charge is 2.12. The van der Waals surface area contributed by atoms with Crippen LogP contribution in [-0.4, -0.2) is 32.4 Å². The number of nitrogens with one attached hydrogen (secondary N) is 1. The fourth-order valence-corrected chi connectivity index (χ4v) is 1.35. The normalized spacial score (nSPS) is 14.7. The van der Waals surface area contributed by atoms with Crippen LogP contribution < -0.4 is 4.72 Å². The van der Waals surface area contributed by atoms with E-state index in [0.717, 1.165) is 0 Å². The quantitative estimate of drug-likeness (QED) is 0.502. The minimum atomic E-state index is -1.91. The van der Waals surface area contributed by atoms with Crippen LogP contribution in [0.3, 0.4) is 0 Å². The van der Waals surface area contributed by atoms with Crippen LogP contribution in [0, 0.1) is 0 Å². The van der Waals surface area contributed by atoms with Crippen molar-refractivity contribution in [3.8, 4) is 0 Å². The van der Waals surface area contributed by atoms with E-state index < -0.39 is 11.3 Å². The van der Waals surface area contributed by atoms with Crippen LogP contribution in [0.4, 0.5) is 0 Å². The Labute approximate surface area is 76.8 Å². The van der Waals surface area contributed by atoms with Crippen molar-refractivity contribution in [1.82, 2.24) is 9.62 Å². The number of hydrogen-bond acceptors (Lipinski definition) is 2. The first-order valence-corrected chi connectivity index (χ1v) is 5.16. The molecule has 0 aliphatic carbocycles. The Bertz CT molecular complexity index is 142. The summed E-state index contributed by atoms with van der Waals surface area (Å²) in [6.07, 6.45) is 0. The molecule has 0 radical (unpaired) electrons. The molecule has 0 heterocycles. The molecule has 0 fully saturated rings. The highest BCUT2D eigenvalue weighted by molar-refractivity contribution is 7.77. The average Bonchev–Trinajstić information content (AvgIpc) is 1.84. The van der Waals surface area contributed by atoms with Gasteiger partial charge in [0, 0.05) is 12.1 Å². The van der Waals surface area contributed by atoms with Crippen LogP contribution in [0.25, 0.3) is 0 Å². The smallest absolute Gasteiger partial charge is 0.232 e. The number of rotatable bonds is 5. The molecule has 0 amide bonds. The van der Waals surface area contributed by atoms with E-state index >= 15 is 0 Å². The summed E-state index contributed by atoms with van der Waals surface area (Å²) in [6.45, 7) is 8.67. The summed E-state index contributed by atoms with van der Waals surface area (Å²) in [5, 5.41) is 0. The fourth-order valence-electron chi connectivity index (χ4n) is 1.09. The summed E-state index contributed by atoms with van der Waals surface area (Å²) in [7, 11) is 0. The van der Waals surface area contributed by atoms with E-state index in [0.29, 0.717) is 18.8 Å². The molecule has 74 valence electrons. The molecular formula is C7H18N2O2S.